The number of hydrogen-bond donors (Lipinski definition) is 0. The standard InChI is InChI=1S/C24H30BrNO3/c1-2-3-4-5-6-7-8-19-9-11-20(12-10-19)23(17-18-27)24(26(28)29)21-13-15-22(25)16-14-21/h9-16,18,23-24H,2-8,17H2,1H3. The molecule has 0 aromatic heterocycles. The predicted molar refractivity (Wildman–Crippen MR) is 121 cm³/mol. The quantitative estimate of drug-likeness (QED) is 0.139. The Bertz CT molecular complexity index is 759. The molecular formula is C24H30BrNO3. The van der Waals surface area contributed by atoms with Crippen LogP contribution >= 0.6 is 15.9 Å². The Morgan fingerprint density at radius 2 is 1.52 bits per heavy atom. The lowest BCUT2D eigenvalue weighted by atomic mass is 9.85. The molecule has 2 unspecified atom stereocenters. The molecule has 29 heavy (non-hydrogen) atoms. The molecule has 2 aromatic carbocycles. The van der Waals surface area contributed by atoms with Crippen LogP contribution in [-0.4, -0.2) is 11.2 Å². The van der Waals surface area contributed by atoms with E-state index in [1.54, 1.807) is 24.3 Å². The third-order valence-electron chi connectivity index (χ3n) is 5.40. The van der Waals surface area contributed by atoms with E-state index in [4.69, 9.17) is 0 Å². The molecule has 156 valence electrons. The molecule has 0 N–H and O–H groups in total. The van der Waals surface area contributed by atoms with E-state index in [-0.39, 0.29) is 11.3 Å². The van der Waals surface area contributed by atoms with E-state index >= 15 is 0 Å². The van der Waals surface area contributed by atoms with E-state index in [1.807, 2.05) is 12.1 Å². The zero-order valence-corrected chi connectivity index (χ0v) is 18.6. The first-order chi connectivity index (χ1) is 14.1. The minimum atomic E-state index is -0.947. The summed E-state index contributed by atoms with van der Waals surface area (Å²) >= 11 is 3.36. The summed E-state index contributed by atoms with van der Waals surface area (Å²) in [6.07, 6.45) is 9.49. The molecule has 0 radical (unpaired) electrons. The summed E-state index contributed by atoms with van der Waals surface area (Å²) in [6.45, 7) is 2.22. The molecule has 5 heteroatoms. The van der Waals surface area contributed by atoms with Gasteiger partial charge in [-0.05, 0) is 36.1 Å². The molecule has 0 fully saturated rings. The summed E-state index contributed by atoms with van der Waals surface area (Å²) in [5.74, 6) is -0.480. The minimum absolute atomic E-state index is 0.123. The number of nitro groups is 1. The number of carbonyl (C=O) groups is 1. The van der Waals surface area contributed by atoms with Crippen molar-refractivity contribution in [1.29, 1.82) is 0 Å². The fourth-order valence-electron chi connectivity index (χ4n) is 3.75. The molecule has 0 heterocycles. The highest BCUT2D eigenvalue weighted by Crippen LogP contribution is 2.36. The van der Waals surface area contributed by atoms with Gasteiger partial charge in [0, 0.05) is 21.4 Å². The predicted octanol–water partition coefficient (Wildman–Crippen LogP) is 7.04. The fraction of sp³-hybridized carbons (Fsp3) is 0.458. The largest absolute Gasteiger partial charge is 0.303 e. The van der Waals surface area contributed by atoms with E-state index in [0.717, 1.165) is 29.2 Å². The van der Waals surface area contributed by atoms with Gasteiger partial charge in [-0.25, -0.2) is 0 Å². The normalized spacial score (nSPS) is 13.0. The maximum atomic E-state index is 11.9. The van der Waals surface area contributed by atoms with Gasteiger partial charge in [-0.15, -0.1) is 0 Å². The number of rotatable bonds is 13. The molecule has 2 rings (SSSR count). The number of nitrogens with zero attached hydrogens (tertiary/aromatic N) is 1. The first-order valence-electron chi connectivity index (χ1n) is 10.5. The first-order valence-corrected chi connectivity index (χ1v) is 11.3. The van der Waals surface area contributed by atoms with Gasteiger partial charge in [-0.1, -0.05) is 91.4 Å². The fourth-order valence-corrected chi connectivity index (χ4v) is 4.02. The first kappa shape index (κ1) is 23.3. The molecule has 0 amide bonds. The van der Waals surface area contributed by atoms with Crippen LogP contribution in [0.25, 0.3) is 0 Å². The zero-order valence-electron chi connectivity index (χ0n) is 17.1. The number of carbonyl (C=O) groups excluding carboxylic acids is 1. The minimum Gasteiger partial charge on any atom is -0.303 e. The van der Waals surface area contributed by atoms with Crippen molar-refractivity contribution in [3.8, 4) is 0 Å². The molecule has 2 aromatic rings. The summed E-state index contributed by atoms with van der Waals surface area (Å²) in [4.78, 5) is 22.9. The molecule has 4 nitrogen and oxygen atoms in total. The lowest BCUT2D eigenvalue weighted by molar-refractivity contribution is -0.533. The average Bonchev–Trinajstić information content (AvgIpc) is 2.72. The van der Waals surface area contributed by atoms with Gasteiger partial charge in [0.25, 0.3) is 0 Å². The summed E-state index contributed by atoms with van der Waals surface area (Å²) in [6, 6.07) is 14.2. The third-order valence-corrected chi connectivity index (χ3v) is 5.93. The molecule has 0 aliphatic heterocycles. The van der Waals surface area contributed by atoms with E-state index in [0.29, 0.717) is 5.56 Å². The van der Waals surface area contributed by atoms with Gasteiger partial charge in [0.1, 0.15) is 6.29 Å². The van der Waals surface area contributed by atoms with Crippen LogP contribution in [0.1, 0.15) is 80.5 Å². The molecule has 0 saturated heterocycles. The van der Waals surface area contributed by atoms with Gasteiger partial charge < -0.3 is 4.79 Å². The van der Waals surface area contributed by atoms with Crippen molar-refractivity contribution in [3.63, 3.8) is 0 Å². The lowest BCUT2D eigenvalue weighted by Crippen LogP contribution is -2.20. The number of hydrogen-bond acceptors (Lipinski definition) is 3. The van der Waals surface area contributed by atoms with E-state index in [1.165, 1.54) is 37.7 Å². The van der Waals surface area contributed by atoms with Gasteiger partial charge in [-0.3, -0.25) is 10.1 Å². The van der Waals surface area contributed by atoms with Crippen molar-refractivity contribution in [1.82, 2.24) is 0 Å². The highest BCUT2D eigenvalue weighted by atomic mass is 79.9. The van der Waals surface area contributed by atoms with Crippen LogP contribution in [0.5, 0.6) is 0 Å². The summed E-state index contributed by atoms with van der Waals surface area (Å²) in [5, 5.41) is 11.9. The lowest BCUT2D eigenvalue weighted by Gasteiger charge is -2.20. The van der Waals surface area contributed by atoms with Crippen molar-refractivity contribution in [2.75, 3.05) is 0 Å². The second-order valence-electron chi connectivity index (χ2n) is 7.55. The maximum absolute atomic E-state index is 11.9. The molecule has 0 bridgehead atoms. The van der Waals surface area contributed by atoms with Crippen LogP contribution in [0.3, 0.4) is 0 Å². The van der Waals surface area contributed by atoms with Gasteiger partial charge in [0.2, 0.25) is 6.04 Å². The SMILES string of the molecule is CCCCCCCCc1ccc(C(CC=O)C(c2ccc(Br)cc2)[N+](=O)[O-])cc1. The number of benzene rings is 2. The molecule has 0 spiro atoms. The van der Waals surface area contributed by atoms with Crippen molar-refractivity contribution >= 4 is 22.2 Å². The molecule has 0 aliphatic carbocycles. The van der Waals surface area contributed by atoms with E-state index < -0.39 is 12.0 Å². The molecular weight excluding hydrogens is 430 g/mol. The van der Waals surface area contributed by atoms with Crippen molar-refractivity contribution in [2.24, 2.45) is 0 Å². The Morgan fingerprint density at radius 1 is 0.931 bits per heavy atom. The zero-order chi connectivity index (χ0) is 21.1. The number of halogens is 1. The Balaban J connectivity index is 2.09. The highest BCUT2D eigenvalue weighted by molar-refractivity contribution is 9.10. The molecule has 2 atom stereocenters. The molecule has 0 aliphatic rings. The van der Waals surface area contributed by atoms with Gasteiger partial charge >= 0.3 is 0 Å². The number of aldehydes is 1. The highest BCUT2D eigenvalue weighted by Gasteiger charge is 2.34. The van der Waals surface area contributed by atoms with E-state index in [2.05, 4.69) is 35.0 Å². The Morgan fingerprint density at radius 3 is 2.10 bits per heavy atom. The van der Waals surface area contributed by atoms with Crippen molar-refractivity contribution in [3.05, 3.63) is 79.8 Å². The monoisotopic (exact) mass is 459 g/mol. The van der Waals surface area contributed by atoms with Crippen LogP contribution in [0.2, 0.25) is 0 Å². The molecule has 0 saturated carbocycles. The van der Waals surface area contributed by atoms with Crippen LogP contribution in [0.15, 0.2) is 53.0 Å². The Kier molecular flexibility index (Phi) is 10.1. The van der Waals surface area contributed by atoms with Crippen LogP contribution in [0.4, 0.5) is 0 Å². The average molecular weight is 460 g/mol. The van der Waals surface area contributed by atoms with Gasteiger partial charge in [0.05, 0.1) is 5.92 Å². The van der Waals surface area contributed by atoms with E-state index in [9.17, 15) is 14.9 Å². The van der Waals surface area contributed by atoms with Crippen LogP contribution < -0.4 is 0 Å². The van der Waals surface area contributed by atoms with Gasteiger partial charge in [-0.2, -0.15) is 0 Å². The van der Waals surface area contributed by atoms with Crippen LogP contribution in [-0.2, 0) is 11.2 Å². The van der Waals surface area contributed by atoms with Crippen molar-refractivity contribution in [2.45, 2.75) is 70.3 Å². The summed E-state index contributed by atoms with van der Waals surface area (Å²) < 4.78 is 0.870. The van der Waals surface area contributed by atoms with Gasteiger partial charge in [0.15, 0.2) is 0 Å². The summed E-state index contributed by atoms with van der Waals surface area (Å²) in [7, 11) is 0. The second kappa shape index (κ2) is 12.5. The second-order valence-corrected chi connectivity index (χ2v) is 8.47. The Labute approximate surface area is 182 Å². The summed E-state index contributed by atoms with van der Waals surface area (Å²) in [5.41, 5.74) is 2.70. The third kappa shape index (κ3) is 7.39. The number of unbranched alkanes of at least 4 members (excludes halogenated alkanes) is 5. The smallest absolute Gasteiger partial charge is 0.245 e. The topological polar surface area (TPSA) is 60.2 Å². The van der Waals surface area contributed by atoms with Crippen molar-refractivity contribution < 1.29 is 9.72 Å². The van der Waals surface area contributed by atoms with Crippen LogP contribution in [0, 0.1) is 10.1 Å². The Hall–Kier alpha value is -2.01. The number of aryl methyl sites for hydroxylation is 1. The maximum Gasteiger partial charge on any atom is 0.245 e.